The van der Waals surface area contributed by atoms with E-state index in [1.807, 2.05) is 0 Å². The number of amides is 1. The summed E-state index contributed by atoms with van der Waals surface area (Å²) in [6.45, 7) is 1.88. The summed E-state index contributed by atoms with van der Waals surface area (Å²) >= 11 is 0. The molecule has 0 spiro atoms. The van der Waals surface area contributed by atoms with Gasteiger partial charge in [0.15, 0.2) is 11.5 Å². The summed E-state index contributed by atoms with van der Waals surface area (Å²) in [6.07, 6.45) is 2.07. The zero-order chi connectivity index (χ0) is 12.3. The van der Waals surface area contributed by atoms with E-state index < -0.39 is 5.91 Å². The fourth-order valence-corrected chi connectivity index (χ4v) is 2.05. The van der Waals surface area contributed by atoms with Gasteiger partial charge in [0.25, 0.3) is 5.91 Å². The van der Waals surface area contributed by atoms with Gasteiger partial charge in [0.1, 0.15) is 0 Å². The van der Waals surface area contributed by atoms with Crippen LogP contribution in [0.4, 0.5) is 5.82 Å². The number of hydrogen-bond acceptors (Lipinski definition) is 5. The van der Waals surface area contributed by atoms with Gasteiger partial charge in [-0.1, -0.05) is 0 Å². The van der Waals surface area contributed by atoms with Gasteiger partial charge in [-0.3, -0.25) is 4.79 Å². The molecule has 0 aromatic carbocycles. The average molecular weight is 236 g/mol. The van der Waals surface area contributed by atoms with Gasteiger partial charge in [0.05, 0.1) is 0 Å². The number of carbonyl (C=O) groups excluding carboxylic acids is 1. The molecule has 0 saturated carbocycles. The van der Waals surface area contributed by atoms with Gasteiger partial charge in [-0.05, 0) is 30.9 Å². The highest BCUT2D eigenvalue weighted by molar-refractivity contribution is 5.90. The zero-order valence-electron chi connectivity index (χ0n) is 9.54. The van der Waals surface area contributed by atoms with Crippen LogP contribution in [0.25, 0.3) is 0 Å². The third kappa shape index (κ3) is 2.71. The molecule has 1 amide bonds. The van der Waals surface area contributed by atoms with E-state index in [2.05, 4.69) is 15.1 Å². The van der Waals surface area contributed by atoms with Crippen molar-refractivity contribution in [2.24, 2.45) is 11.7 Å². The molecular weight excluding hydrogens is 220 g/mol. The van der Waals surface area contributed by atoms with Crippen molar-refractivity contribution in [2.75, 3.05) is 24.6 Å². The molecule has 1 aromatic rings. The first-order chi connectivity index (χ1) is 8.20. The third-order valence-corrected chi connectivity index (χ3v) is 3.00. The van der Waals surface area contributed by atoms with Crippen LogP contribution >= 0.6 is 0 Å². The van der Waals surface area contributed by atoms with E-state index in [1.54, 1.807) is 12.1 Å². The number of aliphatic hydroxyl groups excluding tert-OH is 1. The average Bonchev–Trinajstić information content (AvgIpc) is 2.39. The highest BCUT2D eigenvalue weighted by Crippen LogP contribution is 2.20. The topological polar surface area (TPSA) is 92.3 Å². The number of piperidine rings is 1. The smallest absolute Gasteiger partial charge is 0.269 e. The summed E-state index contributed by atoms with van der Waals surface area (Å²) in [5.74, 6) is 0.449. The van der Waals surface area contributed by atoms with Gasteiger partial charge in [-0.25, -0.2) is 0 Å². The maximum Gasteiger partial charge on any atom is 0.269 e. The molecule has 1 aliphatic heterocycles. The Morgan fingerprint density at radius 2 is 2.35 bits per heavy atom. The van der Waals surface area contributed by atoms with Crippen molar-refractivity contribution in [1.29, 1.82) is 0 Å². The Balaban J connectivity index is 2.08. The van der Waals surface area contributed by atoms with Gasteiger partial charge in [0.2, 0.25) is 0 Å². The van der Waals surface area contributed by atoms with E-state index >= 15 is 0 Å². The Hall–Kier alpha value is -1.69. The molecule has 2 rings (SSSR count). The third-order valence-electron chi connectivity index (χ3n) is 3.00. The first-order valence-electron chi connectivity index (χ1n) is 5.70. The minimum atomic E-state index is -0.573. The summed E-state index contributed by atoms with van der Waals surface area (Å²) in [6, 6.07) is 3.32. The Kier molecular flexibility index (Phi) is 3.53. The Labute approximate surface area is 99.4 Å². The molecule has 1 unspecified atom stereocenters. The zero-order valence-corrected chi connectivity index (χ0v) is 9.54. The van der Waals surface area contributed by atoms with Crippen LogP contribution < -0.4 is 10.6 Å². The normalized spacial score (nSPS) is 20.3. The number of aromatic nitrogens is 2. The predicted octanol–water partition coefficient (Wildman–Crippen LogP) is -0.216. The monoisotopic (exact) mass is 236 g/mol. The number of aliphatic hydroxyl groups is 1. The van der Waals surface area contributed by atoms with Crippen LogP contribution in [0.1, 0.15) is 23.3 Å². The lowest BCUT2D eigenvalue weighted by atomic mass is 9.99. The van der Waals surface area contributed by atoms with Gasteiger partial charge in [-0.2, -0.15) is 0 Å². The highest BCUT2D eigenvalue weighted by atomic mass is 16.3. The molecule has 17 heavy (non-hydrogen) atoms. The van der Waals surface area contributed by atoms with E-state index in [1.165, 1.54) is 0 Å². The first kappa shape index (κ1) is 11.8. The SMILES string of the molecule is NC(=O)c1ccc(N2CCCC(CO)C2)nn1. The van der Waals surface area contributed by atoms with Crippen molar-refractivity contribution in [1.82, 2.24) is 10.2 Å². The fraction of sp³-hybridized carbons (Fsp3) is 0.545. The summed E-state index contributed by atoms with van der Waals surface area (Å²) in [4.78, 5) is 12.9. The van der Waals surface area contributed by atoms with Gasteiger partial charge in [-0.15, -0.1) is 10.2 Å². The molecule has 0 bridgehead atoms. The van der Waals surface area contributed by atoms with Crippen molar-refractivity contribution in [3.8, 4) is 0 Å². The quantitative estimate of drug-likeness (QED) is 0.757. The second-order valence-corrected chi connectivity index (χ2v) is 4.28. The Morgan fingerprint density at radius 3 is 2.94 bits per heavy atom. The molecule has 1 saturated heterocycles. The molecule has 92 valence electrons. The standard InChI is InChI=1S/C11H16N4O2/c12-11(17)9-3-4-10(14-13-9)15-5-1-2-8(6-15)7-16/h3-4,8,16H,1-2,5-7H2,(H2,12,17). The minimum Gasteiger partial charge on any atom is -0.396 e. The first-order valence-corrected chi connectivity index (χ1v) is 5.70. The van der Waals surface area contributed by atoms with Crippen molar-refractivity contribution in [3.63, 3.8) is 0 Å². The van der Waals surface area contributed by atoms with E-state index in [4.69, 9.17) is 10.8 Å². The number of nitrogens with zero attached hydrogens (tertiary/aromatic N) is 3. The molecule has 1 aliphatic rings. The lowest BCUT2D eigenvalue weighted by Crippen LogP contribution is -2.37. The fourth-order valence-electron chi connectivity index (χ4n) is 2.05. The van der Waals surface area contributed by atoms with Gasteiger partial charge < -0.3 is 15.7 Å². The largest absolute Gasteiger partial charge is 0.396 e. The molecule has 1 aromatic heterocycles. The molecule has 2 heterocycles. The van der Waals surface area contributed by atoms with E-state index in [0.29, 0.717) is 5.92 Å². The lowest BCUT2D eigenvalue weighted by molar-refractivity contribution is 0.0994. The van der Waals surface area contributed by atoms with Crippen LogP contribution in [0, 0.1) is 5.92 Å². The summed E-state index contributed by atoms with van der Waals surface area (Å²) in [7, 11) is 0. The minimum absolute atomic E-state index is 0.171. The maximum atomic E-state index is 10.9. The molecule has 1 fully saturated rings. The van der Waals surface area contributed by atoms with Crippen LogP contribution in [-0.4, -0.2) is 40.9 Å². The van der Waals surface area contributed by atoms with Crippen LogP contribution in [-0.2, 0) is 0 Å². The van der Waals surface area contributed by atoms with Crippen molar-refractivity contribution in [3.05, 3.63) is 17.8 Å². The maximum absolute atomic E-state index is 10.9. The van der Waals surface area contributed by atoms with Gasteiger partial charge >= 0.3 is 0 Å². The number of primary amides is 1. The van der Waals surface area contributed by atoms with Crippen LogP contribution in [0.3, 0.4) is 0 Å². The number of hydrogen-bond donors (Lipinski definition) is 2. The van der Waals surface area contributed by atoms with E-state index in [9.17, 15) is 4.79 Å². The molecule has 6 heteroatoms. The molecule has 1 atom stereocenters. The second kappa shape index (κ2) is 5.09. The van der Waals surface area contributed by atoms with Gasteiger partial charge in [0, 0.05) is 19.7 Å². The van der Waals surface area contributed by atoms with Crippen LogP contribution in [0.5, 0.6) is 0 Å². The highest BCUT2D eigenvalue weighted by Gasteiger charge is 2.20. The van der Waals surface area contributed by atoms with Crippen LogP contribution in [0.15, 0.2) is 12.1 Å². The second-order valence-electron chi connectivity index (χ2n) is 4.28. The summed E-state index contributed by atoms with van der Waals surface area (Å²) in [5.41, 5.74) is 5.27. The number of carbonyl (C=O) groups is 1. The lowest BCUT2D eigenvalue weighted by Gasteiger charge is -2.32. The predicted molar refractivity (Wildman–Crippen MR) is 62.6 cm³/mol. The number of nitrogens with two attached hydrogens (primary N) is 1. The molecule has 0 aliphatic carbocycles. The molecule has 0 radical (unpaired) electrons. The van der Waals surface area contributed by atoms with Crippen molar-refractivity contribution in [2.45, 2.75) is 12.8 Å². The Morgan fingerprint density at radius 1 is 1.53 bits per heavy atom. The van der Waals surface area contributed by atoms with E-state index in [0.717, 1.165) is 31.7 Å². The van der Waals surface area contributed by atoms with Crippen LogP contribution in [0.2, 0.25) is 0 Å². The van der Waals surface area contributed by atoms with Crippen molar-refractivity contribution < 1.29 is 9.90 Å². The number of anilines is 1. The molecule has 3 N–H and O–H groups in total. The molecular formula is C11H16N4O2. The summed E-state index contributed by atoms with van der Waals surface area (Å²) in [5, 5.41) is 16.9. The summed E-state index contributed by atoms with van der Waals surface area (Å²) < 4.78 is 0. The van der Waals surface area contributed by atoms with Crippen molar-refractivity contribution >= 4 is 11.7 Å². The Bertz CT molecular complexity index is 393. The molecule has 6 nitrogen and oxygen atoms in total. The number of rotatable bonds is 3. The van der Waals surface area contributed by atoms with E-state index in [-0.39, 0.29) is 12.3 Å².